The summed E-state index contributed by atoms with van der Waals surface area (Å²) in [5.41, 5.74) is 0. The third kappa shape index (κ3) is 3.81. The Balaban J connectivity index is 2.81. The molecule has 2 unspecified atom stereocenters. The van der Waals surface area contributed by atoms with E-state index in [1.54, 1.807) is 11.9 Å². The van der Waals surface area contributed by atoms with E-state index in [1.165, 1.54) is 4.90 Å². The lowest BCUT2D eigenvalue weighted by atomic mass is 10.0. The summed E-state index contributed by atoms with van der Waals surface area (Å²) < 4.78 is 5.21. The third-order valence-corrected chi connectivity index (χ3v) is 3.24. The Labute approximate surface area is 112 Å². The maximum Gasteiger partial charge on any atom is 0.320 e. The minimum absolute atomic E-state index is 0.119. The van der Waals surface area contributed by atoms with Crippen LogP contribution in [-0.2, 0) is 9.53 Å². The maximum absolute atomic E-state index is 12.3. The summed E-state index contributed by atoms with van der Waals surface area (Å²) in [6, 6.07) is -0.705. The van der Waals surface area contributed by atoms with E-state index < -0.39 is 17.9 Å². The molecule has 2 N–H and O–H groups in total. The zero-order valence-corrected chi connectivity index (χ0v) is 11.4. The summed E-state index contributed by atoms with van der Waals surface area (Å²) in [4.78, 5) is 26.4. The average molecular weight is 274 g/mol. The van der Waals surface area contributed by atoms with Crippen LogP contribution in [0.1, 0.15) is 13.3 Å². The summed E-state index contributed by atoms with van der Waals surface area (Å²) >= 11 is 0. The fraction of sp³-hybridized carbons (Fsp3) is 0.833. The van der Waals surface area contributed by atoms with Gasteiger partial charge in [0.05, 0.1) is 25.9 Å². The number of hydrogen-bond donors (Lipinski definition) is 2. The highest BCUT2D eigenvalue weighted by atomic mass is 16.5. The van der Waals surface area contributed by atoms with Crippen LogP contribution in [0.25, 0.3) is 0 Å². The highest BCUT2D eigenvalue weighted by molar-refractivity contribution is 5.77. The van der Waals surface area contributed by atoms with Crippen molar-refractivity contribution in [3.05, 3.63) is 0 Å². The minimum atomic E-state index is -0.943. The van der Waals surface area contributed by atoms with Crippen molar-refractivity contribution in [2.75, 3.05) is 40.0 Å². The van der Waals surface area contributed by atoms with Gasteiger partial charge in [-0.1, -0.05) is 6.92 Å². The van der Waals surface area contributed by atoms with Gasteiger partial charge in [0.1, 0.15) is 5.92 Å². The highest BCUT2D eigenvalue weighted by Gasteiger charge is 2.40. The molecule has 1 heterocycles. The van der Waals surface area contributed by atoms with E-state index in [4.69, 9.17) is 14.9 Å². The van der Waals surface area contributed by atoms with Crippen LogP contribution in [0.3, 0.4) is 0 Å². The van der Waals surface area contributed by atoms with Gasteiger partial charge in [-0.15, -0.1) is 0 Å². The van der Waals surface area contributed by atoms with E-state index in [9.17, 15) is 9.59 Å². The molecular formula is C12H22N2O5. The normalized spacial score (nSPS) is 22.3. The lowest BCUT2D eigenvalue weighted by Crippen LogP contribution is -2.51. The lowest BCUT2D eigenvalue weighted by molar-refractivity contribution is -0.142. The summed E-state index contributed by atoms with van der Waals surface area (Å²) in [5.74, 6) is -1.63. The standard InChI is InChI=1S/C12H22N2O5/c1-3-4-14(12(18)13(2)5-6-15)10-8-19-7-9(10)11(16)17/h9-10,15H,3-8H2,1-2H3,(H,16,17). The van der Waals surface area contributed by atoms with Crippen molar-refractivity contribution in [3.63, 3.8) is 0 Å². The van der Waals surface area contributed by atoms with Crippen LogP contribution in [0, 0.1) is 5.92 Å². The number of aliphatic carboxylic acids is 1. The lowest BCUT2D eigenvalue weighted by Gasteiger charge is -2.33. The van der Waals surface area contributed by atoms with Crippen molar-refractivity contribution in [2.24, 2.45) is 5.92 Å². The molecule has 0 aromatic heterocycles. The zero-order chi connectivity index (χ0) is 14.4. The SMILES string of the molecule is CCCN(C(=O)N(C)CCO)C1COCC1C(=O)O. The van der Waals surface area contributed by atoms with Gasteiger partial charge in [-0.25, -0.2) is 4.79 Å². The first kappa shape index (κ1) is 15.7. The Morgan fingerprint density at radius 3 is 2.53 bits per heavy atom. The molecule has 0 spiro atoms. The number of urea groups is 1. The van der Waals surface area contributed by atoms with Crippen molar-refractivity contribution in [1.82, 2.24) is 9.80 Å². The number of hydrogen-bond acceptors (Lipinski definition) is 4. The van der Waals surface area contributed by atoms with Crippen molar-refractivity contribution in [2.45, 2.75) is 19.4 Å². The van der Waals surface area contributed by atoms with Crippen molar-refractivity contribution < 1.29 is 24.5 Å². The number of carboxylic acids is 1. The molecule has 1 fully saturated rings. The predicted octanol–water partition coefficient (Wildman–Crippen LogP) is -0.158. The molecule has 1 rings (SSSR count). The Kier molecular flexibility index (Phi) is 6.04. The van der Waals surface area contributed by atoms with Crippen LogP contribution < -0.4 is 0 Å². The van der Waals surface area contributed by atoms with Crippen LogP contribution in [-0.4, -0.2) is 78.0 Å². The second-order valence-electron chi connectivity index (χ2n) is 4.67. The van der Waals surface area contributed by atoms with Crippen LogP contribution in [0.5, 0.6) is 0 Å². The average Bonchev–Trinajstić information content (AvgIpc) is 2.84. The third-order valence-electron chi connectivity index (χ3n) is 3.24. The van der Waals surface area contributed by atoms with Crippen LogP contribution in [0.2, 0.25) is 0 Å². The second-order valence-corrected chi connectivity index (χ2v) is 4.67. The molecule has 1 aliphatic heterocycles. The van der Waals surface area contributed by atoms with E-state index in [0.29, 0.717) is 6.54 Å². The topological polar surface area (TPSA) is 90.3 Å². The molecule has 19 heavy (non-hydrogen) atoms. The van der Waals surface area contributed by atoms with E-state index >= 15 is 0 Å². The van der Waals surface area contributed by atoms with Gasteiger partial charge in [-0.2, -0.15) is 0 Å². The zero-order valence-electron chi connectivity index (χ0n) is 11.4. The van der Waals surface area contributed by atoms with Crippen LogP contribution >= 0.6 is 0 Å². The number of aliphatic hydroxyl groups excluding tert-OH is 1. The first-order chi connectivity index (χ1) is 9.02. The number of amides is 2. The quantitative estimate of drug-likeness (QED) is 0.702. The molecule has 2 amide bonds. The van der Waals surface area contributed by atoms with Gasteiger partial charge in [0.2, 0.25) is 0 Å². The summed E-state index contributed by atoms with van der Waals surface area (Å²) in [5, 5.41) is 18.0. The Bertz CT molecular complexity index is 323. The fourth-order valence-electron chi connectivity index (χ4n) is 2.20. The van der Waals surface area contributed by atoms with Crippen molar-refractivity contribution in [3.8, 4) is 0 Å². The van der Waals surface area contributed by atoms with Gasteiger partial charge in [0.15, 0.2) is 0 Å². The number of likely N-dealkylation sites (N-methyl/N-ethyl adjacent to an activating group) is 1. The molecule has 0 saturated carbocycles. The Hall–Kier alpha value is -1.34. The fourth-order valence-corrected chi connectivity index (χ4v) is 2.20. The van der Waals surface area contributed by atoms with Gasteiger partial charge >= 0.3 is 12.0 Å². The monoisotopic (exact) mass is 274 g/mol. The first-order valence-corrected chi connectivity index (χ1v) is 6.46. The maximum atomic E-state index is 12.3. The first-order valence-electron chi connectivity index (χ1n) is 6.46. The van der Waals surface area contributed by atoms with E-state index in [-0.39, 0.29) is 32.4 Å². The molecule has 0 aliphatic carbocycles. The molecule has 1 aliphatic rings. The molecule has 7 nitrogen and oxygen atoms in total. The Morgan fingerprint density at radius 2 is 2.00 bits per heavy atom. The van der Waals surface area contributed by atoms with Gasteiger partial charge in [0.25, 0.3) is 0 Å². The number of aliphatic hydroxyl groups is 1. The molecular weight excluding hydrogens is 252 g/mol. The summed E-state index contributed by atoms with van der Waals surface area (Å²) in [6.45, 7) is 2.90. The van der Waals surface area contributed by atoms with Crippen molar-refractivity contribution >= 4 is 12.0 Å². The number of carbonyl (C=O) groups is 2. The molecule has 1 saturated heterocycles. The van der Waals surface area contributed by atoms with E-state index in [0.717, 1.165) is 6.42 Å². The van der Waals surface area contributed by atoms with Crippen LogP contribution in [0.4, 0.5) is 4.79 Å². The van der Waals surface area contributed by atoms with E-state index in [1.807, 2.05) is 6.92 Å². The number of carbonyl (C=O) groups excluding carboxylic acids is 1. The van der Waals surface area contributed by atoms with Gasteiger partial charge in [0, 0.05) is 20.1 Å². The molecule has 0 bridgehead atoms. The summed E-state index contributed by atoms with van der Waals surface area (Å²) in [7, 11) is 1.59. The second kappa shape index (κ2) is 7.30. The predicted molar refractivity (Wildman–Crippen MR) is 67.8 cm³/mol. The number of carboxylic acid groups (broad SMARTS) is 1. The Morgan fingerprint density at radius 1 is 1.32 bits per heavy atom. The van der Waals surface area contributed by atoms with Gasteiger partial charge in [-0.3, -0.25) is 4.79 Å². The molecule has 0 radical (unpaired) electrons. The molecule has 0 aromatic rings. The summed E-state index contributed by atoms with van der Waals surface area (Å²) in [6.07, 6.45) is 0.738. The van der Waals surface area contributed by atoms with Gasteiger partial charge < -0.3 is 24.7 Å². The number of rotatable bonds is 6. The van der Waals surface area contributed by atoms with Gasteiger partial charge in [-0.05, 0) is 6.42 Å². The number of ether oxygens (including phenoxy) is 1. The smallest absolute Gasteiger partial charge is 0.320 e. The highest BCUT2D eigenvalue weighted by Crippen LogP contribution is 2.21. The molecule has 110 valence electrons. The molecule has 2 atom stereocenters. The van der Waals surface area contributed by atoms with Crippen molar-refractivity contribution in [1.29, 1.82) is 0 Å². The van der Waals surface area contributed by atoms with Crippen LogP contribution in [0.15, 0.2) is 0 Å². The minimum Gasteiger partial charge on any atom is -0.481 e. The number of nitrogens with zero attached hydrogens (tertiary/aromatic N) is 2. The van der Waals surface area contributed by atoms with E-state index in [2.05, 4.69) is 0 Å². The largest absolute Gasteiger partial charge is 0.481 e. The molecule has 7 heteroatoms. The molecule has 0 aromatic carbocycles.